The van der Waals surface area contributed by atoms with Gasteiger partial charge < -0.3 is 0 Å². The topological polar surface area (TPSA) is 0 Å². The average molecular weight is 1100 g/mol. The van der Waals surface area contributed by atoms with Gasteiger partial charge in [-0.05, 0) is 169 Å². The summed E-state index contributed by atoms with van der Waals surface area (Å²) < 4.78 is 0. The van der Waals surface area contributed by atoms with E-state index in [1.54, 1.807) is 0 Å². The lowest BCUT2D eigenvalue weighted by atomic mass is 9.79. The number of hydrogen-bond acceptors (Lipinski definition) is 0. The van der Waals surface area contributed by atoms with Crippen molar-refractivity contribution in [1.82, 2.24) is 0 Å². The van der Waals surface area contributed by atoms with Crippen molar-refractivity contribution in [3.8, 4) is 55.6 Å². The van der Waals surface area contributed by atoms with Gasteiger partial charge >= 0.3 is 0 Å². The molecule has 0 nitrogen and oxygen atoms in total. The molecule has 410 valence electrons. The van der Waals surface area contributed by atoms with E-state index in [0.717, 1.165) is 0 Å². The van der Waals surface area contributed by atoms with Gasteiger partial charge in [0.05, 0.1) is 0 Å². The molecule has 0 fully saturated rings. The summed E-state index contributed by atoms with van der Waals surface area (Å²) in [5.74, 6) is 0. The largest absolute Gasteiger partial charge is 0.0656 e. The molecule has 0 aliphatic carbocycles. The molecule has 0 spiro atoms. The van der Waals surface area contributed by atoms with E-state index in [1.165, 1.54) is 176 Å². The zero-order valence-corrected chi connectivity index (χ0v) is 49.3. The molecule has 0 bridgehead atoms. The first kappa shape index (κ1) is 53.6. The third kappa shape index (κ3) is 9.36. The van der Waals surface area contributed by atoms with Crippen LogP contribution in [0.2, 0.25) is 0 Å². The molecule has 0 heteroatoms. The molecule has 0 amide bonds. The van der Waals surface area contributed by atoms with Gasteiger partial charge in [0.2, 0.25) is 0 Å². The number of fused-ring (bicyclic) bond motifs is 7. The Labute approximate surface area is 504 Å². The van der Waals surface area contributed by atoms with Crippen molar-refractivity contribution >= 4 is 108 Å². The maximum absolute atomic E-state index is 2.36. The van der Waals surface area contributed by atoms with Crippen LogP contribution in [0, 0.1) is 0 Å². The first-order valence-electron chi connectivity index (χ1n) is 30.6. The molecule has 17 rings (SSSR count). The molecular formula is C86H66. The Hall–Kier alpha value is -10.4. The van der Waals surface area contributed by atoms with Gasteiger partial charge in [0, 0.05) is 0 Å². The second-order valence-electron chi connectivity index (χ2n) is 22.7. The lowest BCUT2D eigenvalue weighted by Gasteiger charge is -2.24. The molecule has 0 N–H and O–H groups in total. The van der Waals surface area contributed by atoms with E-state index >= 15 is 0 Å². The second-order valence-corrected chi connectivity index (χ2v) is 22.7. The van der Waals surface area contributed by atoms with Gasteiger partial charge in [-0.2, -0.15) is 0 Å². The van der Waals surface area contributed by atoms with Gasteiger partial charge in [-0.3, -0.25) is 0 Å². The summed E-state index contributed by atoms with van der Waals surface area (Å²) in [6, 6.07) is 112. The summed E-state index contributed by atoms with van der Waals surface area (Å²) in [7, 11) is 0. The van der Waals surface area contributed by atoms with Crippen LogP contribution in [-0.2, 0) is 0 Å². The van der Waals surface area contributed by atoms with E-state index in [2.05, 4.69) is 331 Å². The Morgan fingerprint density at radius 1 is 0.163 bits per heavy atom. The predicted molar refractivity (Wildman–Crippen MR) is 378 cm³/mol. The third-order valence-electron chi connectivity index (χ3n) is 17.0. The van der Waals surface area contributed by atoms with E-state index in [0.29, 0.717) is 0 Å². The normalized spacial score (nSPS) is 11.3. The molecule has 0 unspecified atom stereocenters. The monoisotopic (exact) mass is 1100 g/mol. The summed E-state index contributed by atoms with van der Waals surface area (Å²) >= 11 is 0. The summed E-state index contributed by atoms with van der Waals surface area (Å²) in [4.78, 5) is 0. The van der Waals surface area contributed by atoms with Crippen LogP contribution in [0.25, 0.3) is 163 Å². The Balaban J connectivity index is 0.000000249. The highest BCUT2D eigenvalue weighted by molar-refractivity contribution is 6.33. The fourth-order valence-electron chi connectivity index (χ4n) is 13.6. The molecule has 17 aromatic rings. The second kappa shape index (κ2) is 23.3. The molecular weight excluding hydrogens is 1030 g/mol. The fraction of sp³-hybridized carbons (Fsp3) is 0.0698. The highest BCUT2D eigenvalue weighted by atomic mass is 14.3. The minimum Gasteiger partial charge on any atom is -0.0656 e. The Bertz CT molecular complexity index is 5010. The Morgan fingerprint density at radius 3 is 0.721 bits per heavy atom. The average Bonchev–Trinajstić information content (AvgIpc) is 1.29. The fourth-order valence-corrected chi connectivity index (χ4v) is 13.6. The van der Waals surface area contributed by atoms with Crippen LogP contribution < -0.4 is 0 Å². The predicted octanol–water partition coefficient (Wildman–Crippen LogP) is 25.5. The van der Waals surface area contributed by atoms with Gasteiger partial charge in [0.25, 0.3) is 0 Å². The number of benzene rings is 17. The lowest BCUT2D eigenvalue weighted by Crippen LogP contribution is -1.96. The summed E-state index contributed by atoms with van der Waals surface area (Å²) in [6.07, 6.45) is 2.50. The highest BCUT2D eigenvalue weighted by Crippen LogP contribution is 2.53. The van der Waals surface area contributed by atoms with E-state index in [1.807, 2.05) is 0 Å². The van der Waals surface area contributed by atoms with Crippen LogP contribution in [-0.4, -0.2) is 0 Å². The Kier molecular flexibility index (Phi) is 14.5. The summed E-state index contributed by atoms with van der Waals surface area (Å²) in [5.41, 5.74) is 12.5. The molecule has 0 saturated heterocycles. The zero-order chi connectivity index (χ0) is 58.1. The van der Waals surface area contributed by atoms with Gasteiger partial charge in [-0.15, -0.1) is 0 Å². The number of hydrogen-bond donors (Lipinski definition) is 0. The van der Waals surface area contributed by atoms with Crippen LogP contribution in [0.4, 0.5) is 0 Å². The van der Waals surface area contributed by atoms with E-state index in [-0.39, 0.29) is 0 Å². The molecule has 0 heterocycles. The van der Waals surface area contributed by atoms with Gasteiger partial charge in [-0.1, -0.05) is 338 Å². The maximum atomic E-state index is 2.36. The number of rotatable bonds is 5. The molecule has 0 atom stereocenters. The van der Waals surface area contributed by atoms with Crippen molar-refractivity contribution in [2.24, 2.45) is 0 Å². The van der Waals surface area contributed by atoms with Crippen LogP contribution in [0.5, 0.6) is 0 Å². The first-order chi connectivity index (χ1) is 42.6. The molecule has 0 aliphatic rings. The highest BCUT2D eigenvalue weighted by Gasteiger charge is 2.25. The van der Waals surface area contributed by atoms with Crippen molar-refractivity contribution in [2.75, 3.05) is 0 Å². The summed E-state index contributed by atoms with van der Waals surface area (Å²) in [5, 5.41) is 25.7. The van der Waals surface area contributed by atoms with E-state index < -0.39 is 0 Å². The minimum absolute atomic E-state index is 1.22. The van der Waals surface area contributed by atoms with Crippen molar-refractivity contribution in [3.63, 3.8) is 0 Å². The van der Waals surface area contributed by atoms with Crippen molar-refractivity contribution in [1.29, 1.82) is 0 Å². The van der Waals surface area contributed by atoms with Gasteiger partial charge in [0.15, 0.2) is 0 Å². The first-order valence-corrected chi connectivity index (χ1v) is 30.6. The molecule has 86 heavy (non-hydrogen) atoms. The van der Waals surface area contributed by atoms with Gasteiger partial charge in [0.1, 0.15) is 0 Å². The minimum atomic E-state index is 1.22. The van der Waals surface area contributed by atoms with Crippen molar-refractivity contribution in [3.05, 3.63) is 303 Å². The van der Waals surface area contributed by atoms with Crippen LogP contribution in [0.3, 0.4) is 0 Å². The Morgan fingerprint density at radius 2 is 0.384 bits per heavy atom. The maximum Gasteiger partial charge on any atom is -0.00139 e. The SMILES string of the molecule is CCC.CCC.c1cc2ccc3cccc4ccc(c1)c2c34.c1ccc(-c2ccc(-c3c4ccccc4c(-c4c5ccccc5c(-c5c6ccccc6c(-c6ccc7ccccc7c6)c6ccccc56)c5ccccc45)c4ccccc34)cc2)cc1. The van der Waals surface area contributed by atoms with Crippen molar-refractivity contribution < 1.29 is 0 Å². The summed E-state index contributed by atoms with van der Waals surface area (Å²) in [6.45, 7) is 8.50. The quantitative estimate of drug-likeness (QED) is 0.119. The van der Waals surface area contributed by atoms with Crippen molar-refractivity contribution in [2.45, 2.75) is 40.5 Å². The van der Waals surface area contributed by atoms with Gasteiger partial charge in [-0.25, -0.2) is 0 Å². The van der Waals surface area contributed by atoms with Crippen LogP contribution >= 0.6 is 0 Å². The van der Waals surface area contributed by atoms with E-state index in [4.69, 9.17) is 0 Å². The molecule has 0 saturated carbocycles. The zero-order valence-electron chi connectivity index (χ0n) is 49.3. The standard InChI is InChI=1S/C64H40.C16H10.2C3H8/c1-2-18-41(19-3-1)43-34-37-44(38-35-43)59-47-22-6-10-26-51(47)61(52-27-11-7-23-48(52)59)63-55-30-14-16-32-57(55)64(58-33-17-15-31-56(58)63)62-53-28-12-8-24-49(53)60(50-25-9-13-29-54(50)62)46-39-36-42-20-4-5-21-45(42)40-46;1-3-11-7-9-13-5-2-6-14-10-8-12(4-1)15(11)16(13)14;2*1-3-2/h1-40H;1-10H;2*3H2,1-2H3. The van der Waals surface area contributed by atoms with Crippen LogP contribution in [0.15, 0.2) is 303 Å². The lowest BCUT2D eigenvalue weighted by molar-refractivity contribution is 1.09. The molecule has 0 aromatic heterocycles. The van der Waals surface area contributed by atoms with E-state index in [9.17, 15) is 0 Å². The molecule has 0 aliphatic heterocycles. The smallest absolute Gasteiger partial charge is 0.00139 e. The van der Waals surface area contributed by atoms with Crippen LogP contribution in [0.1, 0.15) is 40.5 Å². The third-order valence-corrected chi connectivity index (χ3v) is 17.0. The molecule has 17 aromatic carbocycles. The molecule has 0 radical (unpaired) electrons.